The van der Waals surface area contributed by atoms with E-state index in [1.54, 1.807) is 0 Å². The first-order chi connectivity index (χ1) is 7.74. The lowest BCUT2D eigenvalue weighted by Crippen LogP contribution is -2.40. The monoisotopic (exact) mass is 238 g/mol. The molecule has 0 aromatic heterocycles. The molecule has 2 aliphatic rings. The molecule has 2 heteroatoms. The molecule has 98 valence electrons. The van der Waals surface area contributed by atoms with E-state index in [9.17, 15) is 10.2 Å². The normalized spacial score (nSPS) is 46.6. The van der Waals surface area contributed by atoms with Gasteiger partial charge in [0.25, 0.3) is 0 Å². The van der Waals surface area contributed by atoms with Gasteiger partial charge in [-0.3, -0.25) is 0 Å². The molecule has 0 heterocycles. The Morgan fingerprint density at radius 2 is 1.82 bits per heavy atom. The van der Waals surface area contributed by atoms with Crippen LogP contribution in [0.3, 0.4) is 0 Å². The topological polar surface area (TPSA) is 40.5 Å². The van der Waals surface area contributed by atoms with Gasteiger partial charge in [-0.1, -0.05) is 25.5 Å². The highest BCUT2D eigenvalue weighted by molar-refractivity contribution is 5.19. The van der Waals surface area contributed by atoms with Gasteiger partial charge in [0.2, 0.25) is 0 Å². The highest BCUT2D eigenvalue weighted by atomic mass is 16.3. The summed E-state index contributed by atoms with van der Waals surface area (Å²) in [4.78, 5) is 0. The lowest BCUT2D eigenvalue weighted by molar-refractivity contribution is -0.0419. The summed E-state index contributed by atoms with van der Waals surface area (Å²) < 4.78 is 0. The van der Waals surface area contributed by atoms with Gasteiger partial charge in [-0.05, 0) is 51.4 Å². The molecule has 4 atom stereocenters. The number of fused-ring (bicyclic) bond motifs is 1. The molecule has 1 unspecified atom stereocenters. The van der Waals surface area contributed by atoms with Crippen molar-refractivity contribution in [1.29, 1.82) is 0 Å². The van der Waals surface area contributed by atoms with E-state index in [1.165, 1.54) is 5.57 Å². The predicted molar refractivity (Wildman–Crippen MR) is 69.6 cm³/mol. The molecule has 2 rings (SSSR count). The molecule has 0 amide bonds. The van der Waals surface area contributed by atoms with Gasteiger partial charge in [-0.15, -0.1) is 0 Å². The number of hydrogen-bond donors (Lipinski definition) is 2. The van der Waals surface area contributed by atoms with E-state index in [0.29, 0.717) is 5.92 Å². The summed E-state index contributed by atoms with van der Waals surface area (Å²) in [5.41, 5.74) is 0.136. The Labute approximate surface area is 105 Å². The van der Waals surface area contributed by atoms with Crippen LogP contribution >= 0.6 is 0 Å². The van der Waals surface area contributed by atoms with Crippen LogP contribution < -0.4 is 0 Å². The van der Waals surface area contributed by atoms with Crippen molar-refractivity contribution in [2.75, 3.05) is 0 Å². The second-order valence-corrected chi connectivity index (χ2v) is 6.78. The maximum atomic E-state index is 10.6. The second-order valence-electron chi connectivity index (χ2n) is 6.78. The van der Waals surface area contributed by atoms with E-state index in [0.717, 1.165) is 25.7 Å². The van der Waals surface area contributed by atoms with Crippen molar-refractivity contribution in [1.82, 2.24) is 0 Å². The average molecular weight is 238 g/mol. The molecule has 0 aromatic carbocycles. The summed E-state index contributed by atoms with van der Waals surface area (Å²) in [6.07, 6.45) is 5.80. The van der Waals surface area contributed by atoms with E-state index in [2.05, 4.69) is 19.9 Å². The van der Waals surface area contributed by atoms with Gasteiger partial charge in [0.1, 0.15) is 0 Å². The first-order valence-electron chi connectivity index (χ1n) is 6.89. The Balaban J connectivity index is 2.37. The Kier molecular flexibility index (Phi) is 3.16. The van der Waals surface area contributed by atoms with Crippen LogP contribution in [0, 0.1) is 17.8 Å². The van der Waals surface area contributed by atoms with Crippen LogP contribution in [-0.4, -0.2) is 21.4 Å². The van der Waals surface area contributed by atoms with Gasteiger partial charge in [-0.25, -0.2) is 0 Å². The molecule has 0 aliphatic heterocycles. The third kappa shape index (κ3) is 2.30. The van der Waals surface area contributed by atoms with Crippen molar-refractivity contribution in [3.05, 3.63) is 11.6 Å². The highest BCUT2D eigenvalue weighted by Gasteiger charge is 2.50. The molecule has 17 heavy (non-hydrogen) atoms. The second kappa shape index (κ2) is 4.10. The van der Waals surface area contributed by atoms with Crippen LogP contribution in [0.2, 0.25) is 0 Å². The molecule has 0 bridgehead atoms. The smallest absolute Gasteiger partial charge is 0.0686 e. The quantitative estimate of drug-likeness (QED) is 0.690. The maximum Gasteiger partial charge on any atom is 0.0686 e. The van der Waals surface area contributed by atoms with E-state index in [-0.39, 0.29) is 11.8 Å². The SMILES string of the molecule is CC(C)C1=C[C@H]2C(CC[C@]2(C)O)[C@](C)(O)CC1. The summed E-state index contributed by atoms with van der Waals surface area (Å²) >= 11 is 0. The minimum Gasteiger partial charge on any atom is -0.390 e. The molecule has 2 nitrogen and oxygen atoms in total. The van der Waals surface area contributed by atoms with Gasteiger partial charge in [-0.2, -0.15) is 0 Å². The first-order valence-corrected chi connectivity index (χ1v) is 6.89. The van der Waals surface area contributed by atoms with Crippen LogP contribution in [0.4, 0.5) is 0 Å². The number of rotatable bonds is 1. The summed E-state index contributed by atoms with van der Waals surface area (Å²) in [5.74, 6) is 0.854. The van der Waals surface area contributed by atoms with Crippen molar-refractivity contribution < 1.29 is 10.2 Å². The van der Waals surface area contributed by atoms with Crippen molar-refractivity contribution >= 4 is 0 Å². The zero-order valence-electron chi connectivity index (χ0n) is 11.5. The zero-order valence-corrected chi connectivity index (χ0v) is 11.5. The minimum absolute atomic E-state index is 0.123. The molecular weight excluding hydrogens is 212 g/mol. The molecule has 2 aliphatic carbocycles. The Morgan fingerprint density at radius 1 is 1.18 bits per heavy atom. The van der Waals surface area contributed by atoms with Crippen molar-refractivity contribution in [2.24, 2.45) is 17.8 Å². The van der Waals surface area contributed by atoms with E-state index < -0.39 is 11.2 Å². The van der Waals surface area contributed by atoms with Gasteiger partial charge < -0.3 is 10.2 Å². The van der Waals surface area contributed by atoms with Gasteiger partial charge in [0.15, 0.2) is 0 Å². The fourth-order valence-electron chi connectivity index (χ4n) is 3.60. The van der Waals surface area contributed by atoms with Crippen molar-refractivity contribution in [3.63, 3.8) is 0 Å². The van der Waals surface area contributed by atoms with Crippen molar-refractivity contribution in [2.45, 2.75) is 64.6 Å². The molecule has 0 saturated heterocycles. The fourth-order valence-corrected chi connectivity index (χ4v) is 3.60. The first kappa shape index (κ1) is 13.1. The third-order valence-corrected chi connectivity index (χ3v) is 4.97. The number of allylic oxidation sites excluding steroid dienone is 1. The number of hydrogen-bond acceptors (Lipinski definition) is 2. The van der Waals surface area contributed by atoms with E-state index in [1.807, 2.05) is 13.8 Å². The predicted octanol–water partition coefficient (Wildman–Crippen LogP) is 2.89. The molecule has 1 fully saturated rings. The van der Waals surface area contributed by atoms with Crippen LogP contribution in [0.5, 0.6) is 0 Å². The fraction of sp³-hybridized carbons (Fsp3) is 0.867. The maximum absolute atomic E-state index is 10.6. The third-order valence-electron chi connectivity index (χ3n) is 4.97. The van der Waals surface area contributed by atoms with Crippen LogP contribution in [0.1, 0.15) is 53.4 Å². The van der Waals surface area contributed by atoms with Crippen LogP contribution in [0.15, 0.2) is 11.6 Å². The summed E-state index contributed by atoms with van der Waals surface area (Å²) in [6, 6.07) is 0. The van der Waals surface area contributed by atoms with Crippen LogP contribution in [0.25, 0.3) is 0 Å². The van der Waals surface area contributed by atoms with Crippen molar-refractivity contribution in [3.8, 4) is 0 Å². The zero-order chi connectivity index (χ0) is 12.8. The average Bonchev–Trinajstić information content (AvgIpc) is 2.39. The molecule has 0 radical (unpaired) electrons. The largest absolute Gasteiger partial charge is 0.390 e. The standard InChI is InChI=1S/C15H26O2/c1-10(2)11-5-7-14(3,16)12-6-8-15(4,17)13(12)9-11/h9-10,12-13,16-17H,5-8H2,1-4H3/t12?,13-,14+,15-/m0/s1. The Bertz CT molecular complexity index is 326. The Morgan fingerprint density at radius 3 is 2.41 bits per heavy atom. The minimum atomic E-state index is -0.640. The molecular formula is C15H26O2. The van der Waals surface area contributed by atoms with E-state index in [4.69, 9.17) is 0 Å². The molecule has 2 N–H and O–H groups in total. The summed E-state index contributed by atoms with van der Waals surface area (Å²) in [5, 5.41) is 21.1. The number of aliphatic hydroxyl groups is 2. The van der Waals surface area contributed by atoms with Gasteiger partial charge >= 0.3 is 0 Å². The van der Waals surface area contributed by atoms with Gasteiger partial charge in [0, 0.05) is 5.92 Å². The molecule has 0 aromatic rings. The molecule has 0 spiro atoms. The molecule has 1 saturated carbocycles. The van der Waals surface area contributed by atoms with Crippen LogP contribution in [-0.2, 0) is 0 Å². The summed E-state index contributed by atoms with van der Waals surface area (Å²) in [6.45, 7) is 8.27. The van der Waals surface area contributed by atoms with Gasteiger partial charge in [0.05, 0.1) is 11.2 Å². The summed E-state index contributed by atoms with van der Waals surface area (Å²) in [7, 11) is 0. The van der Waals surface area contributed by atoms with E-state index >= 15 is 0 Å². The Hall–Kier alpha value is -0.340. The highest BCUT2D eigenvalue weighted by Crippen LogP contribution is 2.50. The lowest BCUT2D eigenvalue weighted by Gasteiger charge is -2.34. The lowest BCUT2D eigenvalue weighted by atomic mass is 9.77.